The number of amides is 2. The summed E-state index contributed by atoms with van der Waals surface area (Å²) in [5.41, 5.74) is 4.05. The van der Waals surface area contributed by atoms with Crippen LogP contribution >= 0.6 is 0 Å². The van der Waals surface area contributed by atoms with E-state index in [4.69, 9.17) is 9.76 Å². The molecule has 14 heteroatoms. The van der Waals surface area contributed by atoms with Crippen LogP contribution in [0.2, 0.25) is 0 Å². The zero-order valence-corrected chi connectivity index (χ0v) is 27.1. The third kappa shape index (κ3) is 11.6. The average Bonchev–Trinajstić information content (AvgIpc) is 3.10. The van der Waals surface area contributed by atoms with Gasteiger partial charge < -0.3 is 25.4 Å². The van der Waals surface area contributed by atoms with E-state index < -0.39 is 25.1 Å². The number of carbonyl (C=O) groups is 3. The SMILES string of the molecule is O=C(CN(CCN(Cc1ccccn1)Cc1ccccn1)Cc1ccccn1)Nc1ccc(CC(=O)N[C@H]2CC[C@H](C(=O)O)OB2O)cc1. The Morgan fingerprint density at radius 1 is 0.755 bits per heavy atom. The topological polar surface area (TPSA) is 170 Å². The highest BCUT2D eigenvalue weighted by Crippen LogP contribution is 2.17. The van der Waals surface area contributed by atoms with Gasteiger partial charge in [0, 0.05) is 57.0 Å². The molecule has 3 aromatic heterocycles. The molecule has 0 radical (unpaired) electrons. The smallest absolute Gasteiger partial charge is 0.478 e. The number of aromatic nitrogens is 3. The van der Waals surface area contributed by atoms with Gasteiger partial charge in [-0.05, 0) is 66.9 Å². The van der Waals surface area contributed by atoms with E-state index in [2.05, 4.69) is 35.4 Å². The Balaban J connectivity index is 1.16. The van der Waals surface area contributed by atoms with Crippen molar-refractivity contribution in [1.29, 1.82) is 0 Å². The summed E-state index contributed by atoms with van der Waals surface area (Å²) in [5.74, 6) is -2.35. The molecule has 0 spiro atoms. The van der Waals surface area contributed by atoms with Crippen LogP contribution in [0.3, 0.4) is 0 Å². The number of carbonyl (C=O) groups excluding carboxylic acids is 2. The molecule has 0 bridgehead atoms. The second kappa shape index (κ2) is 17.9. The number of rotatable bonds is 16. The number of hydrogen-bond donors (Lipinski definition) is 4. The van der Waals surface area contributed by atoms with Gasteiger partial charge in [0.2, 0.25) is 11.8 Å². The summed E-state index contributed by atoms with van der Waals surface area (Å²) in [6.07, 6.45) is 4.75. The molecular formula is C35H40BN7O6. The number of carboxylic acid groups (broad SMARTS) is 1. The predicted molar refractivity (Wildman–Crippen MR) is 183 cm³/mol. The molecule has 1 saturated heterocycles. The third-order valence-corrected chi connectivity index (χ3v) is 8.05. The van der Waals surface area contributed by atoms with Gasteiger partial charge >= 0.3 is 13.1 Å². The minimum Gasteiger partial charge on any atom is -0.479 e. The van der Waals surface area contributed by atoms with Crippen molar-refractivity contribution in [3.63, 3.8) is 0 Å². The van der Waals surface area contributed by atoms with E-state index in [0.717, 1.165) is 17.1 Å². The Labute approximate surface area is 285 Å². The number of nitrogens with one attached hydrogen (secondary N) is 2. The van der Waals surface area contributed by atoms with E-state index in [-0.39, 0.29) is 31.2 Å². The molecule has 4 heterocycles. The number of pyridine rings is 3. The summed E-state index contributed by atoms with van der Waals surface area (Å²) in [6.45, 7) is 3.14. The first-order valence-electron chi connectivity index (χ1n) is 16.2. The van der Waals surface area contributed by atoms with Crippen LogP contribution in [-0.4, -0.2) is 91.5 Å². The highest BCUT2D eigenvalue weighted by molar-refractivity contribution is 6.45. The lowest BCUT2D eigenvalue weighted by molar-refractivity contribution is -0.147. The zero-order valence-electron chi connectivity index (χ0n) is 27.1. The summed E-state index contributed by atoms with van der Waals surface area (Å²) in [4.78, 5) is 54.8. The van der Waals surface area contributed by atoms with Crippen molar-refractivity contribution in [2.24, 2.45) is 0 Å². The van der Waals surface area contributed by atoms with Crippen LogP contribution in [0.4, 0.5) is 5.69 Å². The fourth-order valence-corrected chi connectivity index (χ4v) is 5.56. The summed E-state index contributed by atoms with van der Waals surface area (Å²) < 4.78 is 5.09. The first-order chi connectivity index (χ1) is 23.8. The molecule has 1 aromatic carbocycles. The minimum atomic E-state index is -1.39. The maximum absolute atomic E-state index is 13.3. The molecule has 4 aromatic rings. The molecule has 1 aliphatic heterocycles. The number of carboxylic acids is 1. The largest absolute Gasteiger partial charge is 0.479 e. The number of nitrogens with zero attached hydrogens (tertiary/aromatic N) is 5. The van der Waals surface area contributed by atoms with Gasteiger partial charge in [0.05, 0.1) is 36.0 Å². The molecule has 4 N–H and O–H groups in total. The Bertz CT molecular complexity index is 1600. The van der Waals surface area contributed by atoms with Crippen molar-refractivity contribution >= 4 is 30.6 Å². The van der Waals surface area contributed by atoms with E-state index in [0.29, 0.717) is 50.4 Å². The van der Waals surface area contributed by atoms with Crippen molar-refractivity contribution in [2.45, 2.75) is 50.9 Å². The van der Waals surface area contributed by atoms with Gasteiger partial charge in [-0.2, -0.15) is 0 Å². The normalized spacial score (nSPS) is 16.0. The van der Waals surface area contributed by atoms with Crippen LogP contribution in [0, 0.1) is 0 Å². The lowest BCUT2D eigenvalue weighted by Gasteiger charge is -2.29. The maximum Gasteiger partial charge on any atom is 0.478 e. The molecule has 254 valence electrons. The van der Waals surface area contributed by atoms with Crippen molar-refractivity contribution in [3.05, 3.63) is 120 Å². The number of benzene rings is 1. The van der Waals surface area contributed by atoms with Crippen LogP contribution in [0.15, 0.2) is 97.5 Å². The Hall–Kier alpha value is -5.02. The first-order valence-corrected chi connectivity index (χ1v) is 16.2. The minimum absolute atomic E-state index is 0.0468. The molecule has 0 unspecified atom stereocenters. The second-order valence-electron chi connectivity index (χ2n) is 11.9. The van der Waals surface area contributed by atoms with Crippen LogP contribution < -0.4 is 10.6 Å². The molecule has 13 nitrogen and oxygen atoms in total. The first kappa shape index (κ1) is 35.3. The molecule has 1 aliphatic rings. The van der Waals surface area contributed by atoms with Crippen molar-refractivity contribution in [2.75, 3.05) is 25.0 Å². The molecule has 5 rings (SSSR count). The van der Waals surface area contributed by atoms with Crippen molar-refractivity contribution in [3.8, 4) is 0 Å². The van der Waals surface area contributed by atoms with E-state index >= 15 is 0 Å². The summed E-state index contributed by atoms with van der Waals surface area (Å²) in [6, 6.07) is 24.4. The lowest BCUT2D eigenvalue weighted by atomic mass is 9.72. The molecule has 0 saturated carbocycles. The highest BCUT2D eigenvalue weighted by Gasteiger charge is 2.38. The Morgan fingerprint density at radius 2 is 1.31 bits per heavy atom. The zero-order chi connectivity index (χ0) is 34.4. The average molecular weight is 666 g/mol. The van der Waals surface area contributed by atoms with Gasteiger partial charge in [-0.15, -0.1) is 0 Å². The molecular weight excluding hydrogens is 625 g/mol. The van der Waals surface area contributed by atoms with Gasteiger partial charge in [0.1, 0.15) is 6.10 Å². The molecule has 2 amide bonds. The van der Waals surface area contributed by atoms with Crippen LogP contribution in [0.5, 0.6) is 0 Å². The quantitative estimate of drug-likeness (QED) is 0.130. The summed E-state index contributed by atoms with van der Waals surface area (Å²) in [5, 5.41) is 24.8. The Kier molecular flexibility index (Phi) is 12.9. The summed E-state index contributed by atoms with van der Waals surface area (Å²) in [7, 11) is -1.39. The Morgan fingerprint density at radius 3 is 1.82 bits per heavy atom. The predicted octanol–water partition coefficient (Wildman–Crippen LogP) is 2.33. The number of hydrogen-bond acceptors (Lipinski definition) is 10. The molecule has 2 atom stereocenters. The fraction of sp³-hybridized carbons (Fsp3) is 0.314. The van der Waals surface area contributed by atoms with Crippen molar-refractivity contribution in [1.82, 2.24) is 30.1 Å². The molecule has 1 fully saturated rings. The highest BCUT2D eigenvalue weighted by atomic mass is 16.5. The molecule has 49 heavy (non-hydrogen) atoms. The van der Waals surface area contributed by atoms with E-state index in [1.807, 2.05) is 54.6 Å². The van der Waals surface area contributed by atoms with E-state index in [9.17, 15) is 19.4 Å². The fourth-order valence-electron chi connectivity index (χ4n) is 5.56. The van der Waals surface area contributed by atoms with E-state index in [1.165, 1.54) is 0 Å². The van der Waals surface area contributed by atoms with Gasteiger partial charge in [-0.1, -0.05) is 30.3 Å². The van der Waals surface area contributed by atoms with Gasteiger partial charge in [-0.25, -0.2) is 4.79 Å². The van der Waals surface area contributed by atoms with Gasteiger partial charge in [-0.3, -0.25) is 34.3 Å². The monoisotopic (exact) mass is 665 g/mol. The standard InChI is InChI=1S/C35H40BN7O6/c44-33(41-32-15-14-31(35(46)47)49-36(32)48)21-26-10-12-27(13-11-26)40-34(45)25-43(24-30-9-3-6-18-39-30)20-19-42(22-28-7-1-4-16-37-28)23-29-8-2-5-17-38-29/h1-13,16-18,31-32,48H,14-15,19-25H2,(H,40,45)(H,41,44)(H,46,47)/t31-,32+/m1/s1. The van der Waals surface area contributed by atoms with Gasteiger partial charge in [0.25, 0.3) is 0 Å². The summed E-state index contributed by atoms with van der Waals surface area (Å²) >= 11 is 0. The maximum atomic E-state index is 13.3. The number of aliphatic carboxylic acids is 1. The van der Waals surface area contributed by atoms with Crippen LogP contribution in [0.25, 0.3) is 0 Å². The van der Waals surface area contributed by atoms with Crippen molar-refractivity contribution < 1.29 is 29.2 Å². The van der Waals surface area contributed by atoms with E-state index in [1.54, 1.807) is 42.9 Å². The number of anilines is 1. The van der Waals surface area contributed by atoms with Crippen LogP contribution in [-0.2, 0) is 45.1 Å². The van der Waals surface area contributed by atoms with Crippen LogP contribution in [0.1, 0.15) is 35.5 Å². The molecule has 0 aliphatic carbocycles. The second-order valence-corrected chi connectivity index (χ2v) is 11.9. The van der Waals surface area contributed by atoms with Gasteiger partial charge in [0.15, 0.2) is 0 Å². The lowest BCUT2D eigenvalue weighted by Crippen LogP contribution is -2.54. The third-order valence-electron chi connectivity index (χ3n) is 8.05.